The van der Waals surface area contributed by atoms with Gasteiger partial charge in [0, 0.05) is 11.6 Å². The van der Waals surface area contributed by atoms with Crippen molar-refractivity contribution in [2.45, 2.75) is 6.36 Å². The van der Waals surface area contributed by atoms with Crippen molar-refractivity contribution >= 4 is 21.6 Å². The molecule has 0 aliphatic heterocycles. The molecule has 0 saturated heterocycles. The van der Waals surface area contributed by atoms with Gasteiger partial charge in [-0.15, -0.1) is 13.2 Å². The lowest BCUT2D eigenvalue weighted by Gasteiger charge is -2.08. The third kappa shape index (κ3) is 1.79. The van der Waals surface area contributed by atoms with Crippen LogP contribution in [0.15, 0.2) is 24.4 Å². The molecular weight excluding hydrogens is 215 g/mol. The van der Waals surface area contributed by atoms with Gasteiger partial charge < -0.3 is 4.74 Å². The fourth-order valence-corrected chi connectivity index (χ4v) is 1.77. The lowest BCUT2D eigenvalue weighted by molar-refractivity contribution is -0.274. The summed E-state index contributed by atoms with van der Waals surface area (Å²) >= 11 is 0.980. The van der Waals surface area contributed by atoms with Gasteiger partial charge in [-0.25, -0.2) is 0 Å². The minimum absolute atomic E-state index is 0.197. The Labute approximate surface area is 81.1 Å². The summed E-state index contributed by atoms with van der Waals surface area (Å²) in [5, 5.41) is 0.650. The third-order valence-corrected chi connectivity index (χ3v) is 2.40. The highest BCUT2D eigenvalue weighted by Crippen LogP contribution is 2.32. The fourth-order valence-electron chi connectivity index (χ4n) is 1.07. The molecule has 0 atom stereocenters. The van der Waals surface area contributed by atoms with Gasteiger partial charge in [0.25, 0.3) is 0 Å². The highest BCUT2D eigenvalue weighted by Gasteiger charge is 2.31. The fraction of sp³-hybridized carbons (Fsp3) is 0.125. The van der Waals surface area contributed by atoms with E-state index in [1.807, 2.05) is 0 Å². The molecule has 0 aliphatic rings. The zero-order valence-corrected chi connectivity index (χ0v) is 7.52. The molecule has 0 aliphatic carbocycles. The van der Waals surface area contributed by atoms with Crippen molar-refractivity contribution in [3.63, 3.8) is 0 Å². The maximum atomic E-state index is 11.9. The Hall–Kier alpha value is -1.30. The molecule has 1 aromatic carbocycles. The number of rotatable bonds is 1. The van der Waals surface area contributed by atoms with E-state index in [0.717, 1.165) is 11.5 Å². The molecule has 0 radical (unpaired) electrons. The molecule has 0 saturated carbocycles. The number of benzene rings is 1. The number of hydrogen-bond donors (Lipinski definition) is 0. The summed E-state index contributed by atoms with van der Waals surface area (Å²) in [6.45, 7) is 0. The summed E-state index contributed by atoms with van der Waals surface area (Å²) < 4.78 is 43.8. The summed E-state index contributed by atoms with van der Waals surface area (Å²) in [7, 11) is 0. The molecule has 2 nitrogen and oxygen atoms in total. The molecule has 2 rings (SSSR count). The van der Waals surface area contributed by atoms with Crippen molar-refractivity contribution in [1.29, 1.82) is 0 Å². The molecule has 0 amide bonds. The van der Waals surface area contributed by atoms with Crippen LogP contribution in [0, 0.1) is 0 Å². The standard InChI is InChI=1S/C8H4F3NOS/c9-8(10,11)13-6-3-1-2-5-4-12-14-7(5)6/h1-4H. The highest BCUT2D eigenvalue weighted by molar-refractivity contribution is 7.13. The van der Waals surface area contributed by atoms with Gasteiger partial charge in [-0.3, -0.25) is 0 Å². The minimum Gasteiger partial charge on any atom is -0.404 e. The molecule has 14 heavy (non-hydrogen) atoms. The van der Waals surface area contributed by atoms with Gasteiger partial charge in [-0.05, 0) is 17.6 Å². The second kappa shape index (κ2) is 3.13. The smallest absolute Gasteiger partial charge is 0.404 e. The van der Waals surface area contributed by atoms with Crippen LogP contribution in [-0.2, 0) is 0 Å². The summed E-state index contributed by atoms with van der Waals surface area (Å²) in [6.07, 6.45) is -3.15. The van der Waals surface area contributed by atoms with E-state index in [2.05, 4.69) is 9.11 Å². The minimum atomic E-state index is -4.65. The molecular formula is C8H4F3NOS. The largest absolute Gasteiger partial charge is 0.573 e. The van der Waals surface area contributed by atoms with Gasteiger partial charge in [0.1, 0.15) is 5.75 Å². The van der Waals surface area contributed by atoms with Crippen LogP contribution in [0.5, 0.6) is 5.75 Å². The average molecular weight is 219 g/mol. The van der Waals surface area contributed by atoms with Crippen molar-refractivity contribution in [1.82, 2.24) is 4.37 Å². The topological polar surface area (TPSA) is 22.1 Å². The first-order chi connectivity index (χ1) is 6.56. The first kappa shape index (κ1) is 9.26. The predicted octanol–water partition coefficient (Wildman–Crippen LogP) is 3.19. The quantitative estimate of drug-likeness (QED) is 0.734. The van der Waals surface area contributed by atoms with Gasteiger partial charge in [-0.1, -0.05) is 12.1 Å². The monoisotopic (exact) mass is 219 g/mol. The van der Waals surface area contributed by atoms with Crippen molar-refractivity contribution in [3.8, 4) is 5.75 Å². The van der Waals surface area contributed by atoms with E-state index in [4.69, 9.17) is 0 Å². The van der Waals surface area contributed by atoms with Crippen LogP contribution < -0.4 is 4.74 Å². The predicted molar refractivity (Wildman–Crippen MR) is 46.3 cm³/mol. The molecule has 0 spiro atoms. The van der Waals surface area contributed by atoms with Crippen molar-refractivity contribution in [3.05, 3.63) is 24.4 Å². The Bertz CT molecular complexity index is 451. The van der Waals surface area contributed by atoms with Gasteiger partial charge >= 0.3 is 6.36 Å². The normalized spacial score (nSPS) is 11.9. The molecule has 0 fully saturated rings. The number of halogens is 3. The molecule has 6 heteroatoms. The number of hydrogen-bond acceptors (Lipinski definition) is 3. The van der Waals surface area contributed by atoms with Crippen LogP contribution in [0.3, 0.4) is 0 Å². The lowest BCUT2D eigenvalue weighted by atomic mass is 10.3. The Morgan fingerprint density at radius 2 is 2.07 bits per heavy atom. The Kier molecular flexibility index (Phi) is 2.07. The Morgan fingerprint density at radius 1 is 1.29 bits per heavy atom. The zero-order valence-electron chi connectivity index (χ0n) is 6.71. The van der Waals surface area contributed by atoms with Crippen molar-refractivity contribution in [2.24, 2.45) is 0 Å². The first-order valence-electron chi connectivity index (χ1n) is 3.65. The molecule has 2 aromatic rings. The number of alkyl halides is 3. The van der Waals surface area contributed by atoms with Crippen LogP contribution in [0.2, 0.25) is 0 Å². The van der Waals surface area contributed by atoms with Gasteiger partial charge in [0.2, 0.25) is 0 Å². The summed E-state index contributed by atoms with van der Waals surface area (Å²) in [4.78, 5) is 0. The third-order valence-electron chi connectivity index (χ3n) is 1.57. The van der Waals surface area contributed by atoms with E-state index >= 15 is 0 Å². The molecule has 0 bridgehead atoms. The SMILES string of the molecule is FC(F)(F)Oc1cccc2cnsc12. The van der Waals surface area contributed by atoms with E-state index in [1.54, 1.807) is 6.07 Å². The average Bonchev–Trinajstić information content (AvgIpc) is 2.49. The van der Waals surface area contributed by atoms with E-state index in [-0.39, 0.29) is 5.75 Å². The Balaban J connectivity index is 2.46. The first-order valence-corrected chi connectivity index (χ1v) is 4.43. The van der Waals surface area contributed by atoms with E-state index in [1.165, 1.54) is 18.3 Å². The van der Waals surface area contributed by atoms with Crippen LogP contribution in [0.25, 0.3) is 10.1 Å². The molecule has 74 valence electrons. The van der Waals surface area contributed by atoms with Gasteiger partial charge in [0.15, 0.2) is 0 Å². The second-order valence-corrected chi connectivity index (χ2v) is 3.35. The van der Waals surface area contributed by atoms with E-state index in [9.17, 15) is 13.2 Å². The number of fused-ring (bicyclic) bond motifs is 1. The van der Waals surface area contributed by atoms with E-state index in [0.29, 0.717) is 10.1 Å². The van der Waals surface area contributed by atoms with E-state index < -0.39 is 6.36 Å². The summed E-state index contributed by atoms with van der Waals surface area (Å²) in [5.41, 5.74) is 0. The number of ether oxygens (including phenoxy) is 1. The Morgan fingerprint density at radius 3 is 2.79 bits per heavy atom. The van der Waals surface area contributed by atoms with Gasteiger partial charge in [-0.2, -0.15) is 4.37 Å². The summed E-state index contributed by atoms with van der Waals surface area (Å²) in [5.74, 6) is -0.197. The molecule has 0 N–H and O–H groups in total. The second-order valence-electron chi connectivity index (χ2n) is 2.55. The van der Waals surface area contributed by atoms with Crippen molar-refractivity contribution in [2.75, 3.05) is 0 Å². The molecule has 1 heterocycles. The maximum absolute atomic E-state index is 11.9. The highest BCUT2D eigenvalue weighted by atomic mass is 32.1. The van der Waals surface area contributed by atoms with Crippen LogP contribution in [-0.4, -0.2) is 10.7 Å². The number of nitrogens with zero attached hydrogens (tertiary/aromatic N) is 1. The van der Waals surface area contributed by atoms with Crippen LogP contribution in [0.1, 0.15) is 0 Å². The maximum Gasteiger partial charge on any atom is 0.573 e. The molecule has 0 unspecified atom stereocenters. The zero-order chi connectivity index (χ0) is 10.2. The lowest BCUT2D eigenvalue weighted by Crippen LogP contribution is -2.17. The molecule has 1 aromatic heterocycles. The summed E-state index contributed by atoms with van der Waals surface area (Å²) in [6, 6.07) is 4.45. The van der Waals surface area contributed by atoms with Crippen molar-refractivity contribution < 1.29 is 17.9 Å². The van der Waals surface area contributed by atoms with Crippen LogP contribution in [0.4, 0.5) is 13.2 Å². The number of aromatic nitrogens is 1. The van der Waals surface area contributed by atoms with Gasteiger partial charge in [0.05, 0.1) is 4.70 Å². The van der Waals surface area contributed by atoms with Crippen LogP contribution >= 0.6 is 11.5 Å².